The molecule has 0 aliphatic heterocycles. The Hall–Kier alpha value is -1.11. The van der Waals surface area contributed by atoms with Gasteiger partial charge in [-0.3, -0.25) is 4.79 Å². The molecule has 0 fully saturated rings. The van der Waals surface area contributed by atoms with Crippen LogP contribution in [-0.2, 0) is 6.42 Å². The van der Waals surface area contributed by atoms with Crippen molar-refractivity contribution in [2.24, 2.45) is 0 Å². The monoisotopic (exact) mass is 288 g/mol. The molecule has 0 aromatic heterocycles. The molecule has 0 amide bonds. The molecule has 0 saturated carbocycles. The lowest BCUT2D eigenvalue weighted by molar-refractivity contribution is 0.112. The minimum Gasteiger partial charge on any atom is -0.298 e. The summed E-state index contributed by atoms with van der Waals surface area (Å²) in [6.45, 7) is 8.68. The third-order valence-electron chi connectivity index (χ3n) is 4.73. The Bertz CT molecular complexity index is 446. The van der Waals surface area contributed by atoms with Crippen molar-refractivity contribution in [1.29, 1.82) is 0 Å². The minimum atomic E-state index is 0.901. The summed E-state index contributed by atoms with van der Waals surface area (Å²) in [5.41, 5.74) is 6.07. The van der Waals surface area contributed by atoms with E-state index in [1.807, 2.05) is 0 Å². The zero-order valence-corrected chi connectivity index (χ0v) is 14.4. The van der Waals surface area contributed by atoms with Gasteiger partial charge in [-0.2, -0.15) is 0 Å². The largest absolute Gasteiger partial charge is 0.298 e. The predicted molar refractivity (Wildman–Crippen MR) is 92.4 cm³/mol. The summed E-state index contributed by atoms with van der Waals surface area (Å²) in [4.78, 5) is 11.3. The van der Waals surface area contributed by atoms with Gasteiger partial charge in [0.2, 0.25) is 0 Å². The van der Waals surface area contributed by atoms with Crippen LogP contribution in [0, 0.1) is 20.8 Å². The number of carbonyl (C=O) groups is 1. The van der Waals surface area contributed by atoms with Crippen LogP contribution in [0.15, 0.2) is 6.07 Å². The smallest absolute Gasteiger partial charge is 0.150 e. The summed E-state index contributed by atoms with van der Waals surface area (Å²) in [6, 6.07) is 2.05. The van der Waals surface area contributed by atoms with Gasteiger partial charge in [0, 0.05) is 5.56 Å². The molecular formula is C20H32O. The zero-order chi connectivity index (χ0) is 15.7. The highest BCUT2D eigenvalue weighted by Gasteiger charge is 2.09. The van der Waals surface area contributed by atoms with E-state index in [4.69, 9.17) is 0 Å². The predicted octanol–water partition coefficient (Wildman–Crippen LogP) is 6.11. The van der Waals surface area contributed by atoms with Crippen molar-refractivity contribution in [3.63, 3.8) is 0 Å². The maximum absolute atomic E-state index is 11.3. The summed E-state index contributed by atoms with van der Waals surface area (Å²) in [5.74, 6) is 0. The van der Waals surface area contributed by atoms with Crippen molar-refractivity contribution < 1.29 is 4.79 Å². The zero-order valence-electron chi connectivity index (χ0n) is 14.4. The number of hydrogen-bond acceptors (Lipinski definition) is 1. The number of carbonyl (C=O) groups excluding carboxylic acids is 1. The Morgan fingerprint density at radius 3 is 2.00 bits per heavy atom. The molecule has 0 atom stereocenters. The molecule has 0 unspecified atom stereocenters. The molecule has 0 radical (unpaired) electrons. The second-order valence-electron chi connectivity index (χ2n) is 6.35. The van der Waals surface area contributed by atoms with Crippen LogP contribution in [0.3, 0.4) is 0 Å². The average molecular weight is 288 g/mol. The average Bonchev–Trinajstić information content (AvgIpc) is 2.49. The number of hydrogen-bond donors (Lipinski definition) is 0. The third kappa shape index (κ3) is 5.65. The molecule has 21 heavy (non-hydrogen) atoms. The molecular weight excluding hydrogens is 256 g/mol. The fourth-order valence-electron chi connectivity index (χ4n) is 3.04. The SMILES string of the molecule is CCCCCCCCCCc1c(C=O)cc(C)c(C)c1C. The molecule has 1 heteroatoms. The lowest BCUT2D eigenvalue weighted by Gasteiger charge is -2.14. The van der Waals surface area contributed by atoms with E-state index < -0.39 is 0 Å². The van der Waals surface area contributed by atoms with Crippen LogP contribution in [0.25, 0.3) is 0 Å². The lowest BCUT2D eigenvalue weighted by Crippen LogP contribution is -2.01. The first-order valence-corrected chi connectivity index (χ1v) is 8.66. The highest BCUT2D eigenvalue weighted by molar-refractivity contribution is 5.79. The maximum Gasteiger partial charge on any atom is 0.150 e. The molecule has 0 N–H and O–H groups in total. The standard InChI is InChI=1S/C20H32O/c1-5-6-7-8-9-10-11-12-13-20-18(4)17(3)16(2)14-19(20)15-21/h14-15H,5-13H2,1-4H3. The Labute approximate surface area is 131 Å². The van der Waals surface area contributed by atoms with Gasteiger partial charge in [0.1, 0.15) is 6.29 Å². The summed E-state index contributed by atoms with van der Waals surface area (Å²) >= 11 is 0. The molecule has 0 saturated heterocycles. The molecule has 1 nitrogen and oxygen atoms in total. The Balaban J connectivity index is 2.42. The lowest BCUT2D eigenvalue weighted by atomic mass is 9.91. The van der Waals surface area contributed by atoms with Gasteiger partial charge in [0.05, 0.1) is 0 Å². The molecule has 1 aromatic rings. The highest BCUT2D eigenvalue weighted by Crippen LogP contribution is 2.23. The van der Waals surface area contributed by atoms with Crippen LogP contribution in [0.2, 0.25) is 0 Å². The first kappa shape index (κ1) is 17.9. The van der Waals surface area contributed by atoms with E-state index in [2.05, 4.69) is 33.8 Å². The number of unbranched alkanes of at least 4 members (excludes halogenated alkanes) is 7. The molecule has 1 aromatic carbocycles. The quantitative estimate of drug-likeness (QED) is 0.375. The van der Waals surface area contributed by atoms with Gasteiger partial charge in [0.15, 0.2) is 0 Å². The maximum atomic E-state index is 11.3. The molecule has 0 heterocycles. The summed E-state index contributed by atoms with van der Waals surface area (Å²) in [6.07, 6.45) is 12.8. The number of aldehydes is 1. The Morgan fingerprint density at radius 1 is 0.857 bits per heavy atom. The van der Waals surface area contributed by atoms with Crippen LogP contribution in [-0.4, -0.2) is 6.29 Å². The normalized spacial score (nSPS) is 10.9. The molecule has 1 rings (SSSR count). The first-order chi connectivity index (χ1) is 10.1. The molecule has 0 aliphatic carbocycles. The fraction of sp³-hybridized carbons (Fsp3) is 0.650. The van der Waals surface area contributed by atoms with Gasteiger partial charge < -0.3 is 0 Å². The molecule has 0 aliphatic rings. The van der Waals surface area contributed by atoms with Gasteiger partial charge >= 0.3 is 0 Å². The van der Waals surface area contributed by atoms with Gasteiger partial charge in [-0.1, -0.05) is 51.9 Å². The van der Waals surface area contributed by atoms with Gasteiger partial charge in [0.25, 0.3) is 0 Å². The van der Waals surface area contributed by atoms with Crippen LogP contribution in [0.5, 0.6) is 0 Å². The van der Waals surface area contributed by atoms with Crippen molar-refractivity contribution in [3.05, 3.63) is 33.9 Å². The summed E-state index contributed by atoms with van der Waals surface area (Å²) in [5, 5.41) is 0. The molecule has 0 spiro atoms. The fourth-order valence-corrected chi connectivity index (χ4v) is 3.04. The number of aryl methyl sites for hydroxylation is 1. The van der Waals surface area contributed by atoms with Crippen LogP contribution in [0.4, 0.5) is 0 Å². The van der Waals surface area contributed by atoms with Crippen LogP contribution >= 0.6 is 0 Å². The van der Waals surface area contributed by atoms with Crippen molar-refractivity contribution in [1.82, 2.24) is 0 Å². The van der Waals surface area contributed by atoms with Crippen molar-refractivity contribution in [2.45, 2.75) is 85.5 Å². The second kappa shape index (κ2) is 9.76. The summed E-state index contributed by atoms with van der Waals surface area (Å²) < 4.78 is 0. The first-order valence-electron chi connectivity index (χ1n) is 8.66. The molecule has 0 bridgehead atoms. The topological polar surface area (TPSA) is 17.1 Å². The van der Waals surface area contributed by atoms with E-state index in [1.54, 1.807) is 0 Å². The van der Waals surface area contributed by atoms with Crippen LogP contribution < -0.4 is 0 Å². The van der Waals surface area contributed by atoms with E-state index in [9.17, 15) is 4.79 Å². The van der Waals surface area contributed by atoms with E-state index in [-0.39, 0.29) is 0 Å². The Kier molecular flexibility index (Phi) is 8.34. The van der Waals surface area contributed by atoms with E-state index in [1.165, 1.54) is 73.6 Å². The van der Waals surface area contributed by atoms with Crippen LogP contribution in [0.1, 0.15) is 90.9 Å². The van der Waals surface area contributed by atoms with E-state index >= 15 is 0 Å². The Morgan fingerprint density at radius 2 is 1.43 bits per heavy atom. The third-order valence-corrected chi connectivity index (χ3v) is 4.73. The van der Waals surface area contributed by atoms with Crippen molar-refractivity contribution in [2.75, 3.05) is 0 Å². The summed E-state index contributed by atoms with van der Waals surface area (Å²) in [7, 11) is 0. The molecule has 118 valence electrons. The highest BCUT2D eigenvalue weighted by atomic mass is 16.1. The second-order valence-corrected chi connectivity index (χ2v) is 6.35. The van der Waals surface area contributed by atoms with E-state index in [0.717, 1.165) is 18.3 Å². The van der Waals surface area contributed by atoms with Gasteiger partial charge in [-0.15, -0.1) is 0 Å². The van der Waals surface area contributed by atoms with Crippen molar-refractivity contribution in [3.8, 4) is 0 Å². The van der Waals surface area contributed by atoms with Crippen molar-refractivity contribution >= 4 is 6.29 Å². The van der Waals surface area contributed by atoms with Gasteiger partial charge in [-0.25, -0.2) is 0 Å². The van der Waals surface area contributed by atoms with Gasteiger partial charge in [-0.05, 0) is 61.9 Å². The number of benzene rings is 1. The number of rotatable bonds is 10. The van der Waals surface area contributed by atoms with E-state index in [0.29, 0.717) is 0 Å². The minimum absolute atomic E-state index is 0.901.